The number of rotatable bonds is 10. The molecule has 0 spiro atoms. The fourth-order valence-electron chi connectivity index (χ4n) is 2.05. The van der Waals surface area contributed by atoms with Gasteiger partial charge in [0, 0.05) is 13.0 Å². The molecule has 1 amide bonds. The Morgan fingerprint density at radius 1 is 1.21 bits per heavy atom. The largest absolute Gasteiger partial charge is 0.491 e. The van der Waals surface area contributed by atoms with Gasteiger partial charge < -0.3 is 15.0 Å². The van der Waals surface area contributed by atoms with Gasteiger partial charge in [0.15, 0.2) is 9.84 Å². The number of ether oxygens (including phenoxy) is 1. The van der Waals surface area contributed by atoms with Gasteiger partial charge in [-0.25, -0.2) is 8.42 Å². The molecule has 1 aromatic carbocycles. The van der Waals surface area contributed by atoms with Gasteiger partial charge in [0.1, 0.15) is 5.75 Å². The number of sulfone groups is 1. The maximum absolute atomic E-state index is 12.3. The molecule has 1 N–H and O–H groups in total. The Morgan fingerprint density at radius 3 is 2.38 bits per heavy atom. The standard InChI is InChI=1S/C17H28N2O4S/c1-14(2)23-15-6-8-16(9-7-15)24(21,22)13-10-17(20)18-11-5-12-19(3)4/h6-9,14H,5,10-13H2,1-4H3,(H,18,20). The molecule has 0 aliphatic carbocycles. The third-order valence-corrected chi connectivity index (χ3v) is 4.99. The molecule has 0 saturated heterocycles. The molecular formula is C17H28N2O4S. The van der Waals surface area contributed by atoms with Gasteiger partial charge in [-0.2, -0.15) is 0 Å². The Hall–Kier alpha value is -1.60. The zero-order chi connectivity index (χ0) is 18.2. The summed E-state index contributed by atoms with van der Waals surface area (Å²) in [6.45, 7) is 5.24. The van der Waals surface area contributed by atoms with Gasteiger partial charge in [0.2, 0.25) is 5.91 Å². The van der Waals surface area contributed by atoms with Crippen molar-refractivity contribution in [2.24, 2.45) is 0 Å². The Balaban J connectivity index is 2.47. The second kappa shape index (κ2) is 9.64. The maximum Gasteiger partial charge on any atom is 0.221 e. The average molecular weight is 356 g/mol. The molecule has 0 aliphatic heterocycles. The van der Waals surface area contributed by atoms with Crippen LogP contribution in [0.4, 0.5) is 0 Å². The fraction of sp³-hybridized carbons (Fsp3) is 0.588. The first-order valence-electron chi connectivity index (χ1n) is 8.11. The predicted octanol–water partition coefficient (Wildman–Crippen LogP) is 1.71. The van der Waals surface area contributed by atoms with E-state index in [1.165, 1.54) is 12.1 Å². The van der Waals surface area contributed by atoms with Crippen molar-refractivity contribution in [2.45, 2.75) is 37.7 Å². The highest BCUT2D eigenvalue weighted by atomic mass is 32.2. The number of hydrogen-bond donors (Lipinski definition) is 1. The zero-order valence-electron chi connectivity index (χ0n) is 14.9. The molecule has 1 rings (SSSR count). The van der Waals surface area contributed by atoms with E-state index in [0.29, 0.717) is 12.3 Å². The van der Waals surface area contributed by atoms with E-state index in [4.69, 9.17) is 4.74 Å². The highest BCUT2D eigenvalue weighted by molar-refractivity contribution is 7.91. The first kappa shape index (κ1) is 20.4. The van der Waals surface area contributed by atoms with Gasteiger partial charge in [0.05, 0.1) is 16.8 Å². The molecule has 0 aliphatic rings. The van der Waals surface area contributed by atoms with E-state index in [1.54, 1.807) is 12.1 Å². The quantitative estimate of drug-likeness (QED) is 0.646. The van der Waals surface area contributed by atoms with E-state index >= 15 is 0 Å². The Kier molecular flexibility index (Phi) is 8.21. The highest BCUT2D eigenvalue weighted by Crippen LogP contribution is 2.18. The average Bonchev–Trinajstić information content (AvgIpc) is 2.49. The lowest BCUT2D eigenvalue weighted by molar-refractivity contribution is -0.120. The van der Waals surface area contributed by atoms with Crippen LogP contribution in [0.3, 0.4) is 0 Å². The minimum atomic E-state index is -3.47. The molecule has 1 aromatic rings. The van der Waals surface area contributed by atoms with Crippen molar-refractivity contribution in [3.63, 3.8) is 0 Å². The summed E-state index contributed by atoms with van der Waals surface area (Å²) in [6.07, 6.45) is 0.834. The van der Waals surface area contributed by atoms with Crippen molar-refractivity contribution < 1.29 is 17.9 Å². The second-order valence-corrected chi connectivity index (χ2v) is 8.32. The van der Waals surface area contributed by atoms with Crippen LogP contribution in [0.25, 0.3) is 0 Å². The highest BCUT2D eigenvalue weighted by Gasteiger charge is 2.16. The molecule has 136 valence electrons. The van der Waals surface area contributed by atoms with Crippen LogP contribution in [0.2, 0.25) is 0 Å². The molecule has 0 atom stereocenters. The summed E-state index contributed by atoms with van der Waals surface area (Å²) in [7, 11) is 0.459. The lowest BCUT2D eigenvalue weighted by atomic mass is 10.3. The van der Waals surface area contributed by atoms with Crippen LogP contribution in [-0.2, 0) is 14.6 Å². The minimum absolute atomic E-state index is 0.0312. The van der Waals surface area contributed by atoms with E-state index in [2.05, 4.69) is 5.32 Å². The summed E-state index contributed by atoms with van der Waals surface area (Å²) in [5.41, 5.74) is 0. The number of amides is 1. The van der Waals surface area contributed by atoms with Crippen LogP contribution in [-0.4, -0.2) is 58.3 Å². The predicted molar refractivity (Wildman–Crippen MR) is 95.1 cm³/mol. The second-order valence-electron chi connectivity index (χ2n) is 6.21. The maximum atomic E-state index is 12.3. The summed E-state index contributed by atoms with van der Waals surface area (Å²) in [6, 6.07) is 6.30. The van der Waals surface area contributed by atoms with Crippen LogP contribution >= 0.6 is 0 Å². The van der Waals surface area contributed by atoms with Crippen LogP contribution in [0.5, 0.6) is 5.75 Å². The van der Waals surface area contributed by atoms with E-state index in [0.717, 1.165) is 13.0 Å². The first-order valence-corrected chi connectivity index (χ1v) is 9.77. The summed E-state index contributed by atoms with van der Waals surface area (Å²) in [4.78, 5) is 14.0. The number of hydrogen-bond acceptors (Lipinski definition) is 5. The molecule has 0 unspecified atom stereocenters. The van der Waals surface area contributed by atoms with Crippen molar-refractivity contribution in [3.8, 4) is 5.75 Å². The number of carbonyl (C=O) groups excluding carboxylic acids is 1. The van der Waals surface area contributed by atoms with Crippen molar-refractivity contribution in [1.82, 2.24) is 10.2 Å². The first-order chi connectivity index (χ1) is 11.2. The van der Waals surface area contributed by atoms with Crippen molar-refractivity contribution in [3.05, 3.63) is 24.3 Å². The lowest BCUT2D eigenvalue weighted by Gasteiger charge is -2.11. The van der Waals surface area contributed by atoms with Crippen molar-refractivity contribution >= 4 is 15.7 Å². The normalized spacial score (nSPS) is 11.8. The number of nitrogens with one attached hydrogen (secondary N) is 1. The summed E-state index contributed by atoms with van der Waals surface area (Å²) >= 11 is 0. The molecule has 0 radical (unpaired) electrons. The molecule has 6 nitrogen and oxygen atoms in total. The van der Waals surface area contributed by atoms with Crippen LogP contribution in [0.1, 0.15) is 26.7 Å². The van der Waals surface area contributed by atoms with Gasteiger partial charge >= 0.3 is 0 Å². The summed E-state index contributed by atoms with van der Waals surface area (Å²) in [5.74, 6) is 0.191. The molecule has 0 saturated carbocycles. The summed E-state index contributed by atoms with van der Waals surface area (Å²) < 4.78 is 30.0. The van der Waals surface area contributed by atoms with Crippen LogP contribution in [0, 0.1) is 0 Å². The Bertz CT molecular complexity index is 610. The monoisotopic (exact) mass is 356 g/mol. The third kappa shape index (κ3) is 7.79. The molecule has 0 fully saturated rings. The van der Waals surface area contributed by atoms with Gasteiger partial charge in [-0.3, -0.25) is 4.79 Å². The molecule has 7 heteroatoms. The van der Waals surface area contributed by atoms with Crippen molar-refractivity contribution in [2.75, 3.05) is 32.9 Å². The molecule has 0 heterocycles. The zero-order valence-corrected chi connectivity index (χ0v) is 15.7. The topological polar surface area (TPSA) is 75.7 Å². The number of nitrogens with zero attached hydrogens (tertiary/aromatic N) is 1. The molecule has 0 aromatic heterocycles. The SMILES string of the molecule is CC(C)Oc1ccc(S(=O)(=O)CCC(=O)NCCCN(C)C)cc1. The Morgan fingerprint density at radius 2 is 1.83 bits per heavy atom. The third-order valence-electron chi connectivity index (χ3n) is 3.26. The Labute approximate surface area is 145 Å². The molecular weight excluding hydrogens is 328 g/mol. The van der Waals surface area contributed by atoms with Gasteiger partial charge in [-0.05, 0) is 65.2 Å². The van der Waals surface area contributed by atoms with Gasteiger partial charge in [-0.1, -0.05) is 0 Å². The lowest BCUT2D eigenvalue weighted by Crippen LogP contribution is -2.28. The van der Waals surface area contributed by atoms with Gasteiger partial charge in [0.25, 0.3) is 0 Å². The minimum Gasteiger partial charge on any atom is -0.491 e. The van der Waals surface area contributed by atoms with Crippen LogP contribution < -0.4 is 10.1 Å². The smallest absolute Gasteiger partial charge is 0.221 e. The summed E-state index contributed by atoms with van der Waals surface area (Å²) in [5, 5.41) is 2.74. The molecule has 24 heavy (non-hydrogen) atoms. The van der Waals surface area contributed by atoms with E-state index in [-0.39, 0.29) is 29.1 Å². The number of benzene rings is 1. The van der Waals surface area contributed by atoms with E-state index in [1.807, 2.05) is 32.8 Å². The fourth-order valence-corrected chi connectivity index (χ4v) is 3.29. The van der Waals surface area contributed by atoms with Crippen LogP contribution in [0.15, 0.2) is 29.2 Å². The van der Waals surface area contributed by atoms with E-state index < -0.39 is 9.84 Å². The van der Waals surface area contributed by atoms with Gasteiger partial charge in [-0.15, -0.1) is 0 Å². The molecule has 0 bridgehead atoms. The van der Waals surface area contributed by atoms with E-state index in [9.17, 15) is 13.2 Å². The number of carbonyl (C=O) groups is 1. The van der Waals surface area contributed by atoms with Crippen molar-refractivity contribution in [1.29, 1.82) is 0 Å².